The molecular weight excluding hydrogens is 382 g/mol. The van der Waals surface area contributed by atoms with Crippen molar-refractivity contribution >= 4 is 17.3 Å². The lowest BCUT2D eigenvalue weighted by Gasteiger charge is -2.31. The standard InChI is InChI=1S/C23H37N3O2S/c1-27-22-11-6-8-20(18-22)19-26(13-7-12-25-14-16-28-17-15-25)23(29)24-21-9-4-2-3-5-10-21/h6,8,11,18,21H,2-5,7,9-10,12-17,19H2,1H3,(H,24,29). The third kappa shape index (κ3) is 7.76. The third-order valence-electron chi connectivity index (χ3n) is 5.98. The Labute approximate surface area is 181 Å². The van der Waals surface area contributed by atoms with Crippen LogP contribution in [0.15, 0.2) is 24.3 Å². The first-order valence-corrected chi connectivity index (χ1v) is 11.6. The lowest BCUT2D eigenvalue weighted by Crippen LogP contribution is -2.45. The number of thiocarbonyl (C=S) groups is 1. The second-order valence-corrected chi connectivity index (χ2v) is 8.61. The average Bonchev–Trinajstić information content (AvgIpc) is 3.02. The molecule has 2 fully saturated rings. The fourth-order valence-corrected chi connectivity index (χ4v) is 4.57. The zero-order valence-corrected chi connectivity index (χ0v) is 18.7. The first-order chi connectivity index (χ1) is 14.2. The molecular formula is C23H37N3O2S. The van der Waals surface area contributed by atoms with E-state index in [1.165, 1.54) is 44.1 Å². The van der Waals surface area contributed by atoms with Crippen LogP contribution in [0.1, 0.15) is 50.5 Å². The minimum atomic E-state index is 0.525. The summed E-state index contributed by atoms with van der Waals surface area (Å²) in [5.41, 5.74) is 1.24. The van der Waals surface area contributed by atoms with Gasteiger partial charge in [0.1, 0.15) is 5.75 Å². The molecule has 6 heteroatoms. The minimum absolute atomic E-state index is 0.525. The number of ether oxygens (including phenoxy) is 2. The van der Waals surface area contributed by atoms with Crippen molar-refractivity contribution in [2.24, 2.45) is 0 Å². The first-order valence-electron chi connectivity index (χ1n) is 11.2. The maximum atomic E-state index is 5.88. The van der Waals surface area contributed by atoms with Crippen LogP contribution in [0.4, 0.5) is 0 Å². The molecule has 0 spiro atoms. The number of rotatable bonds is 8. The van der Waals surface area contributed by atoms with Gasteiger partial charge in [0.2, 0.25) is 0 Å². The average molecular weight is 420 g/mol. The molecule has 0 atom stereocenters. The predicted octanol–water partition coefficient (Wildman–Crippen LogP) is 3.82. The number of methoxy groups -OCH3 is 1. The molecule has 1 saturated heterocycles. The van der Waals surface area contributed by atoms with Gasteiger partial charge in [0, 0.05) is 38.8 Å². The first kappa shape index (κ1) is 22.3. The highest BCUT2D eigenvalue weighted by Crippen LogP contribution is 2.19. The number of hydrogen-bond donors (Lipinski definition) is 1. The van der Waals surface area contributed by atoms with Crippen LogP contribution in [0.25, 0.3) is 0 Å². The molecule has 0 amide bonds. The second kappa shape index (κ2) is 12.4. The van der Waals surface area contributed by atoms with E-state index in [0.717, 1.165) is 63.2 Å². The summed E-state index contributed by atoms with van der Waals surface area (Å²) in [6.07, 6.45) is 8.93. The third-order valence-corrected chi connectivity index (χ3v) is 6.36. The fraction of sp³-hybridized carbons (Fsp3) is 0.696. The molecule has 1 aliphatic carbocycles. The van der Waals surface area contributed by atoms with E-state index in [0.29, 0.717) is 6.04 Å². The summed E-state index contributed by atoms with van der Waals surface area (Å²) in [4.78, 5) is 4.84. The van der Waals surface area contributed by atoms with E-state index in [2.05, 4.69) is 33.3 Å². The molecule has 1 aromatic carbocycles. The summed E-state index contributed by atoms with van der Waals surface area (Å²) in [6, 6.07) is 8.85. The summed E-state index contributed by atoms with van der Waals surface area (Å²) < 4.78 is 10.9. The number of nitrogens with zero attached hydrogens (tertiary/aromatic N) is 2. The van der Waals surface area contributed by atoms with Gasteiger partial charge in [0.05, 0.1) is 20.3 Å². The Kier molecular flexibility index (Phi) is 9.51. The zero-order chi connectivity index (χ0) is 20.3. The Morgan fingerprint density at radius 1 is 1.21 bits per heavy atom. The Hall–Kier alpha value is -1.37. The highest BCUT2D eigenvalue weighted by atomic mass is 32.1. The van der Waals surface area contributed by atoms with Crippen molar-refractivity contribution in [1.29, 1.82) is 0 Å². The number of nitrogens with one attached hydrogen (secondary N) is 1. The van der Waals surface area contributed by atoms with Gasteiger partial charge >= 0.3 is 0 Å². The molecule has 5 nitrogen and oxygen atoms in total. The summed E-state index contributed by atoms with van der Waals surface area (Å²) in [7, 11) is 1.72. The van der Waals surface area contributed by atoms with Gasteiger partial charge in [-0.25, -0.2) is 0 Å². The molecule has 1 aromatic rings. The van der Waals surface area contributed by atoms with Gasteiger partial charge in [-0.3, -0.25) is 4.90 Å². The van der Waals surface area contributed by atoms with Crippen molar-refractivity contribution in [3.05, 3.63) is 29.8 Å². The van der Waals surface area contributed by atoms with E-state index in [4.69, 9.17) is 21.7 Å². The SMILES string of the molecule is COc1cccc(CN(CCCN2CCOCC2)C(=S)NC2CCCCCC2)c1. The van der Waals surface area contributed by atoms with Crippen LogP contribution < -0.4 is 10.1 Å². The van der Waals surface area contributed by atoms with Crippen molar-refractivity contribution in [2.45, 2.75) is 57.5 Å². The van der Waals surface area contributed by atoms with E-state index in [1.807, 2.05) is 6.07 Å². The smallest absolute Gasteiger partial charge is 0.169 e. The van der Waals surface area contributed by atoms with Gasteiger partial charge in [-0.1, -0.05) is 37.8 Å². The quantitative estimate of drug-likeness (QED) is 0.510. The van der Waals surface area contributed by atoms with E-state index >= 15 is 0 Å². The molecule has 162 valence electrons. The second-order valence-electron chi connectivity index (χ2n) is 8.22. The molecule has 0 bridgehead atoms. The van der Waals surface area contributed by atoms with Crippen LogP contribution >= 0.6 is 12.2 Å². The highest BCUT2D eigenvalue weighted by Gasteiger charge is 2.18. The molecule has 1 heterocycles. The topological polar surface area (TPSA) is 37.0 Å². The Morgan fingerprint density at radius 3 is 2.69 bits per heavy atom. The van der Waals surface area contributed by atoms with E-state index in [-0.39, 0.29) is 0 Å². The van der Waals surface area contributed by atoms with E-state index < -0.39 is 0 Å². The van der Waals surface area contributed by atoms with Crippen molar-refractivity contribution in [2.75, 3.05) is 46.5 Å². The van der Waals surface area contributed by atoms with Gasteiger partial charge in [-0.2, -0.15) is 0 Å². The van der Waals surface area contributed by atoms with Gasteiger partial charge in [-0.05, 0) is 49.2 Å². The summed E-state index contributed by atoms with van der Waals surface area (Å²) >= 11 is 5.88. The molecule has 1 saturated carbocycles. The van der Waals surface area contributed by atoms with Crippen LogP contribution in [-0.2, 0) is 11.3 Å². The van der Waals surface area contributed by atoms with Crippen LogP contribution in [-0.4, -0.2) is 67.5 Å². The van der Waals surface area contributed by atoms with Crippen LogP contribution in [0.3, 0.4) is 0 Å². The van der Waals surface area contributed by atoms with Gasteiger partial charge in [0.25, 0.3) is 0 Å². The predicted molar refractivity (Wildman–Crippen MR) is 123 cm³/mol. The van der Waals surface area contributed by atoms with E-state index in [1.54, 1.807) is 7.11 Å². The maximum Gasteiger partial charge on any atom is 0.169 e. The lowest BCUT2D eigenvalue weighted by molar-refractivity contribution is 0.0367. The fourth-order valence-electron chi connectivity index (χ4n) is 4.24. The van der Waals surface area contributed by atoms with Gasteiger partial charge in [0.15, 0.2) is 5.11 Å². The minimum Gasteiger partial charge on any atom is -0.497 e. The normalized spacial score (nSPS) is 18.8. The van der Waals surface area contributed by atoms with Gasteiger partial charge in [-0.15, -0.1) is 0 Å². The maximum absolute atomic E-state index is 5.88. The molecule has 0 radical (unpaired) electrons. The number of hydrogen-bond acceptors (Lipinski definition) is 4. The zero-order valence-electron chi connectivity index (χ0n) is 17.9. The number of morpholine rings is 1. The molecule has 29 heavy (non-hydrogen) atoms. The molecule has 0 aromatic heterocycles. The van der Waals surface area contributed by atoms with Gasteiger partial charge < -0.3 is 19.7 Å². The molecule has 3 rings (SSSR count). The van der Waals surface area contributed by atoms with E-state index in [9.17, 15) is 0 Å². The molecule has 0 unspecified atom stereocenters. The summed E-state index contributed by atoms with van der Waals surface area (Å²) in [5.74, 6) is 0.901. The Bertz CT molecular complexity index is 614. The van der Waals surface area contributed by atoms with Crippen LogP contribution in [0, 0.1) is 0 Å². The van der Waals surface area contributed by atoms with Crippen molar-refractivity contribution in [3.8, 4) is 5.75 Å². The Balaban J connectivity index is 1.58. The molecule has 1 N–H and O–H groups in total. The van der Waals surface area contributed by atoms with Crippen LogP contribution in [0.2, 0.25) is 0 Å². The largest absolute Gasteiger partial charge is 0.497 e. The lowest BCUT2D eigenvalue weighted by atomic mass is 10.1. The monoisotopic (exact) mass is 419 g/mol. The molecule has 1 aliphatic heterocycles. The van der Waals surface area contributed by atoms with Crippen LogP contribution in [0.5, 0.6) is 5.75 Å². The van der Waals surface area contributed by atoms with Crippen molar-refractivity contribution in [1.82, 2.24) is 15.1 Å². The number of benzene rings is 1. The summed E-state index contributed by atoms with van der Waals surface area (Å²) in [6.45, 7) is 6.68. The summed E-state index contributed by atoms with van der Waals surface area (Å²) in [5, 5.41) is 4.59. The van der Waals surface area contributed by atoms with Crippen molar-refractivity contribution < 1.29 is 9.47 Å². The highest BCUT2D eigenvalue weighted by molar-refractivity contribution is 7.80. The molecule has 2 aliphatic rings. The van der Waals surface area contributed by atoms with Crippen molar-refractivity contribution in [3.63, 3.8) is 0 Å². The Morgan fingerprint density at radius 2 is 1.97 bits per heavy atom.